The van der Waals surface area contributed by atoms with E-state index >= 15 is 0 Å². The highest BCUT2D eigenvalue weighted by atomic mass is 32.2. The second kappa shape index (κ2) is 11.6. The van der Waals surface area contributed by atoms with Crippen LogP contribution in [0.5, 0.6) is 5.75 Å². The van der Waals surface area contributed by atoms with Gasteiger partial charge in [0.05, 0.1) is 35.4 Å². The highest BCUT2D eigenvalue weighted by Gasteiger charge is 2.36. The summed E-state index contributed by atoms with van der Waals surface area (Å²) in [5.41, 5.74) is 3.28. The largest absolute Gasteiger partial charge is 0.486 e. The second-order valence-electron chi connectivity index (χ2n) is 8.96. The summed E-state index contributed by atoms with van der Waals surface area (Å²) in [6, 6.07) is 15.0. The molecule has 188 valence electrons. The number of rotatable bonds is 10. The summed E-state index contributed by atoms with van der Waals surface area (Å²) in [7, 11) is 1.75. The van der Waals surface area contributed by atoms with Gasteiger partial charge in [0, 0.05) is 25.6 Å². The van der Waals surface area contributed by atoms with E-state index in [-0.39, 0.29) is 12.2 Å². The fourth-order valence-corrected chi connectivity index (χ4v) is 6.88. The number of hydrogen-bond acceptors (Lipinski definition) is 8. The first-order valence-electron chi connectivity index (χ1n) is 12.3. The van der Waals surface area contributed by atoms with Gasteiger partial charge in [0.2, 0.25) is 0 Å². The maximum absolute atomic E-state index is 6.46. The molecule has 8 heteroatoms. The van der Waals surface area contributed by atoms with Gasteiger partial charge >= 0.3 is 0 Å². The zero-order valence-corrected chi connectivity index (χ0v) is 22.2. The summed E-state index contributed by atoms with van der Waals surface area (Å²) in [4.78, 5) is 12.6. The Balaban J connectivity index is 1.22. The van der Waals surface area contributed by atoms with Gasteiger partial charge in [-0.05, 0) is 54.8 Å². The predicted octanol–water partition coefficient (Wildman–Crippen LogP) is 6.09. The Bertz CT molecular complexity index is 1160. The Hall–Kier alpha value is -2.65. The van der Waals surface area contributed by atoms with E-state index in [1.807, 2.05) is 36.4 Å². The standard InChI is InChI=1S/C28H32N4O2S2/c1-4-22-27(5-2)36-28(30-22)31-17-25(33-3)26(18-31)34-21-11-8-10-20(16-21)19-35-32-15-9-13-24(32)23-12-6-7-14-29-23/h4-8,10-12,14,16,24-26H,1-2,9,13,15,17-19H2,3H3. The summed E-state index contributed by atoms with van der Waals surface area (Å²) in [6.45, 7) is 10.3. The summed E-state index contributed by atoms with van der Waals surface area (Å²) >= 11 is 3.51. The lowest BCUT2D eigenvalue weighted by molar-refractivity contribution is 0.0347. The fourth-order valence-electron chi connectivity index (χ4n) is 4.80. The van der Waals surface area contributed by atoms with Crippen LogP contribution in [0.2, 0.25) is 0 Å². The van der Waals surface area contributed by atoms with E-state index in [0.29, 0.717) is 6.04 Å². The second-order valence-corrected chi connectivity index (χ2v) is 11.0. The Morgan fingerprint density at radius 1 is 1.14 bits per heavy atom. The minimum absolute atomic E-state index is 0.0324. The maximum atomic E-state index is 6.46. The molecule has 1 aromatic carbocycles. The number of ether oxygens (including phenoxy) is 2. The molecular weight excluding hydrogens is 488 g/mol. The lowest BCUT2D eigenvalue weighted by Crippen LogP contribution is -2.31. The number of benzene rings is 1. The average Bonchev–Trinajstić information content (AvgIpc) is 3.66. The van der Waals surface area contributed by atoms with Gasteiger partial charge in [-0.2, -0.15) is 0 Å². The van der Waals surface area contributed by atoms with E-state index < -0.39 is 0 Å². The third-order valence-corrected chi connectivity index (χ3v) is 9.01. The monoisotopic (exact) mass is 520 g/mol. The lowest BCUT2D eigenvalue weighted by Gasteiger charge is -2.23. The molecule has 0 spiro atoms. The highest BCUT2D eigenvalue weighted by Crippen LogP contribution is 2.37. The first-order chi connectivity index (χ1) is 17.7. The van der Waals surface area contributed by atoms with Crippen LogP contribution in [0.3, 0.4) is 0 Å². The van der Waals surface area contributed by atoms with Gasteiger partial charge < -0.3 is 14.4 Å². The van der Waals surface area contributed by atoms with Crippen molar-refractivity contribution in [2.24, 2.45) is 0 Å². The molecule has 0 bridgehead atoms. The number of nitrogens with zero attached hydrogens (tertiary/aromatic N) is 4. The maximum Gasteiger partial charge on any atom is 0.186 e. The van der Waals surface area contributed by atoms with E-state index in [1.54, 1.807) is 24.5 Å². The number of methoxy groups -OCH3 is 1. The van der Waals surface area contributed by atoms with E-state index in [1.165, 1.54) is 12.0 Å². The van der Waals surface area contributed by atoms with Crippen LogP contribution in [0.15, 0.2) is 61.8 Å². The molecule has 0 N–H and O–H groups in total. The van der Waals surface area contributed by atoms with Crippen molar-refractivity contribution in [1.29, 1.82) is 0 Å². The van der Waals surface area contributed by atoms with Crippen molar-refractivity contribution in [2.45, 2.75) is 36.8 Å². The SMILES string of the molecule is C=Cc1nc(N2CC(OC)C(Oc3cccc(CSN4CCCC4c4ccccn4)c3)C2)sc1C=C. The molecule has 2 aliphatic rings. The first kappa shape index (κ1) is 25.0. The van der Waals surface area contributed by atoms with E-state index in [9.17, 15) is 0 Å². The Labute approximate surface area is 221 Å². The quantitative estimate of drug-likeness (QED) is 0.300. The van der Waals surface area contributed by atoms with Gasteiger partial charge in [-0.3, -0.25) is 4.98 Å². The van der Waals surface area contributed by atoms with Gasteiger partial charge in [0.1, 0.15) is 18.0 Å². The Morgan fingerprint density at radius 3 is 2.78 bits per heavy atom. The van der Waals surface area contributed by atoms with Crippen LogP contribution in [0, 0.1) is 0 Å². The first-order valence-corrected chi connectivity index (χ1v) is 14.0. The van der Waals surface area contributed by atoms with Gasteiger partial charge in [-0.15, -0.1) is 0 Å². The third-order valence-electron chi connectivity index (χ3n) is 6.65. The van der Waals surface area contributed by atoms with Crippen LogP contribution < -0.4 is 9.64 Å². The molecular formula is C28H32N4O2S2. The summed E-state index contributed by atoms with van der Waals surface area (Å²) in [5, 5.41) is 0.950. The van der Waals surface area contributed by atoms with Crippen molar-refractivity contribution in [3.05, 3.63) is 83.6 Å². The average molecular weight is 521 g/mol. The Kier molecular flexibility index (Phi) is 8.06. The van der Waals surface area contributed by atoms with Gasteiger partial charge in [-0.1, -0.05) is 54.6 Å². The highest BCUT2D eigenvalue weighted by molar-refractivity contribution is 7.96. The van der Waals surface area contributed by atoms with E-state index in [0.717, 1.165) is 59.0 Å². The molecule has 3 atom stereocenters. The molecule has 4 heterocycles. The van der Waals surface area contributed by atoms with Crippen molar-refractivity contribution in [3.8, 4) is 5.75 Å². The molecule has 2 fully saturated rings. The van der Waals surface area contributed by atoms with Gasteiger partial charge in [0.25, 0.3) is 0 Å². The zero-order chi connectivity index (χ0) is 24.9. The number of pyridine rings is 1. The molecule has 3 aromatic rings. The van der Waals surface area contributed by atoms with Crippen molar-refractivity contribution in [3.63, 3.8) is 0 Å². The summed E-state index contributed by atoms with van der Waals surface area (Å²) < 4.78 is 14.7. The zero-order valence-electron chi connectivity index (χ0n) is 20.6. The molecule has 36 heavy (non-hydrogen) atoms. The molecule has 3 unspecified atom stereocenters. The van der Waals surface area contributed by atoms with Crippen molar-refractivity contribution in [1.82, 2.24) is 14.3 Å². The van der Waals surface area contributed by atoms with Gasteiger partial charge in [0.15, 0.2) is 5.13 Å². The Morgan fingerprint density at radius 2 is 2.03 bits per heavy atom. The number of aromatic nitrogens is 2. The lowest BCUT2D eigenvalue weighted by atomic mass is 10.1. The molecule has 6 nitrogen and oxygen atoms in total. The molecule has 2 saturated heterocycles. The van der Waals surface area contributed by atoms with Crippen molar-refractivity contribution < 1.29 is 9.47 Å². The molecule has 0 amide bonds. The van der Waals surface area contributed by atoms with Crippen LogP contribution in [-0.4, -0.2) is 53.2 Å². The van der Waals surface area contributed by atoms with Crippen LogP contribution >= 0.6 is 23.3 Å². The smallest absolute Gasteiger partial charge is 0.186 e. The molecule has 0 saturated carbocycles. The minimum atomic E-state index is -0.0757. The summed E-state index contributed by atoms with van der Waals surface area (Å²) in [5.74, 6) is 1.78. The molecule has 5 rings (SSSR count). The molecule has 0 radical (unpaired) electrons. The number of thiazole rings is 1. The van der Waals surface area contributed by atoms with E-state index in [2.05, 4.69) is 57.7 Å². The molecule has 0 aliphatic carbocycles. The normalized spacial score (nSPS) is 22.1. The van der Waals surface area contributed by atoms with Crippen LogP contribution in [0.25, 0.3) is 12.2 Å². The summed E-state index contributed by atoms with van der Waals surface area (Å²) in [6.07, 6.45) is 7.75. The van der Waals surface area contributed by atoms with Crippen LogP contribution in [0.1, 0.15) is 40.7 Å². The van der Waals surface area contributed by atoms with Crippen molar-refractivity contribution in [2.75, 3.05) is 31.6 Å². The molecule has 2 aliphatic heterocycles. The predicted molar refractivity (Wildman–Crippen MR) is 150 cm³/mol. The van der Waals surface area contributed by atoms with Gasteiger partial charge in [-0.25, -0.2) is 9.29 Å². The fraction of sp³-hybridized carbons (Fsp3) is 0.357. The van der Waals surface area contributed by atoms with E-state index in [4.69, 9.17) is 14.5 Å². The third kappa shape index (κ3) is 5.52. The van der Waals surface area contributed by atoms with Crippen LogP contribution in [-0.2, 0) is 10.5 Å². The van der Waals surface area contributed by atoms with Crippen molar-refractivity contribution >= 4 is 40.6 Å². The number of anilines is 1. The minimum Gasteiger partial charge on any atom is -0.486 e. The molecule has 2 aromatic heterocycles. The van der Waals surface area contributed by atoms with Crippen LogP contribution in [0.4, 0.5) is 5.13 Å². The topological polar surface area (TPSA) is 50.7 Å². The number of hydrogen-bond donors (Lipinski definition) is 0.